The van der Waals surface area contributed by atoms with Crippen molar-refractivity contribution in [3.63, 3.8) is 0 Å². The molecule has 0 radical (unpaired) electrons. The molecule has 0 fully saturated rings. The summed E-state index contributed by atoms with van der Waals surface area (Å²) in [6.45, 7) is 21.6. The van der Waals surface area contributed by atoms with Gasteiger partial charge in [0.15, 0.2) is 0 Å². The van der Waals surface area contributed by atoms with Gasteiger partial charge in [-0.15, -0.1) is 4.98 Å². The maximum absolute atomic E-state index is 11.4. The van der Waals surface area contributed by atoms with Crippen molar-refractivity contribution < 1.29 is 71.9 Å². The summed E-state index contributed by atoms with van der Waals surface area (Å²) in [6.07, 6.45) is 10.4. The van der Waals surface area contributed by atoms with E-state index in [0.29, 0.717) is 129 Å². The van der Waals surface area contributed by atoms with Crippen LogP contribution in [0.2, 0.25) is 35.2 Å². The van der Waals surface area contributed by atoms with Crippen LogP contribution in [0.5, 0.6) is 0 Å². The number of ether oxygens (including phenoxy) is 6. The second-order valence-corrected chi connectivity index (χ2v) is 22.3. The third kappa shape index (κ3) is 37.2. The van der Waals surface area contributed by atoms with Gasteiger partial charge in [0.05, 0.1) is 111 Å². The van der Waals surface area contributed by atoms with Crippen LogP contribution in [-0.2, 0) is 113 Å². The van der Waals surface area contributed by atoms with Crippen molar-refractivity contribution in [1.82, 2.24) is 34.3 Å². The molecule has 8 aromatic heterocycles. The molecule has 0 unspecified atom stereocenters. The van der Waals surface area contributed by atoms with E-state index in [1.165, 1.54) is 24.4 Å². The van der Waals surface area contributed by atoms with Crippen LogP contribution >= 0.6 is 81.2 Å². The quantitative estimate of drug-likeness (QED) is 0.0159. The summed E-state index contributed by atoms with van der Waals surface area (Å²) in [5, 5.41) is 13.1. The van der Waals surface area contributed by atoms with Gasteiger partial charge in [-0.3, -0.25) is 53.9 Å². The Hall–Kier alpha value is -8.64. The molecule has 8 rings (SSSR count). The lowest BCUT2D eigenvalue weighted by Gasteiger charge is -2.06. The first-order chi connectivity index (χ1) is 46.8. The highest BCUT2D eigenvalue weighted by Crippen LogP contribution is 2.20. The molecule has 24 nitrogen and oxygen atoms in total. The molecule has 0 aliphatic carbocycles. The number of hydrogen-bond donors (Lipinski definition) is 2. The largest absolute Gasteiger partial charge is 0.466 e. The monoisotopic (exact) mass is 1490 g/mol. The molecule has 0 saturated carbocycles. The van der Waals surface area contributed by atoms with Crippen molar-refractivity contribution in [3.05, 3.63) is 214 Å². The molecule has 31 heteroatoms. The number of imidazole rings is 1. The van der Waals surface area contributed by atoms with Gasteiger partial charge in [0.1, 0.15) is 24.8 Å². The molecule has 0 atom stereocenters. The molecule has 8 aromatic rings. The Morgan fingerprint density at radius 2 is 0.939 bits per heavy atom. The Kier molecular flexibility index (Phi) is 42.7. The SMILES string of the molecule is CCOC(=O)Cc1cc(Cl)cc(CCC=O)n1.CCOC(=O)Cc1cc(Cl)cc(CN)n1.CCOC(=O)Cc1cc(Cl)cc2cncn12.CCOC(=O)Cc1cc(Cl)cc[n+]1O.CCOC(=O)Cc1cc(Cl)ccn1.Cc1cc(Cl)ccn1.[C-]#[N+]c1cc(Cl)cc(CC(=O)OCC)n1. The van der Waals surface area contributed by atoms with Gasteiger partial charge in [-0.2, -0.15) is 0 Å². The highest BCUT2D eigenvalue weighted by Gasteiger charge is 2.17. The van der Waals surface area contributed by atoms with Crippen LogP contribution in [0.15, 0.2) is 116 Å². The maximum Gasteiger partial charge on any atom is 0.316 e. The average molecular weight is 1490 g/mol. The van der Waals surface area contributed by atoms with E-state index in [9.17, 15) is 38.8 Å². The Morgan fingerprint density at radius 1 is 0.520 bits per heavy atom. The summed E-state index contributed by atoms with van der Waals surface area (Å²) in [5.74, 6) is -1.77. The highest BCUT2D eigenvalue weighted by molar-refractivity contribution is 6.32. The number of aromatic nitrogens is 8. The number of carbonyl (C=O) groups is 7. The number of pyridine rings is 7. The maximum atomic E-state index is 11.4. The summed E-state index contributed by atoms with van der Waals surface area (Å²) in [6, 6.07) is 23.1. The Balaban J connectivity index is 0.000000392. The summed E-state index contributed by atoms with van der Waals surface area (Å²) in [5.41, 5.74) is 12.1. The lowest BCUT2D eigenvalue weighted by Crippen LogP contribution is -2.36. The number of rotatable bonds is 22. The molecule has 98 heavy (non-hydrogen) atoms. The minimum Gasteiger partial charge on any atom is -0.466 e. The molecule has 0 amide bonds. The molecule has 0 aliphatic rings. The molecule has 0 spiro atoms. The number of aryl methyl sites for hydroxylation is 2. The van der Waals surface area contributed by atoms with Gasteiger partial charge < -0.3 is 48.2 Å². The van der Waals surface area contributed by atoms with Crippen LogP contribution in [0.25, 0.3) is 10.4 Å². The van der Waals surface area contributed by atoms with Crippen molar-refractivity contribution in [2.45, 2.75) is 106 Å². The smallest absolute Gasteiger partial charge is 0.316 e. The molecule has 0 saturated heterocycles. The highest BCUT2D eigenvalue weighted by atomic mass is 35.5. The number of nitrogens with two attached hydrogens (primary N) is 1. The van der Waals surface area contributed by atoms with Gasteiger partial charge in [0, 0.05) is 95.5 Å². The molecular weight excluding hydrogens is 1420 g/mol. The van der Waals surface area contributed by atoms with Crippen LogP contribution in [-0.4, -0.2) is 121 Å². The van der Waals surface area contributed by atoms with E-state index in [1.54, 1.807) is 127 Å². The zero-order valence-corrected chi connectivity index (χ0v) is 59.9. The lowest BCUT2D eigenvalue weighted by molar-refractivity contribution is -0.909. The van der Waals surface area contributed by atoms with Gasteiger partial charge in [0.2, 0.25) is 11.9 Å². The fraction of sp³-hybridized carbons (Fsp3) is 0.328. The molecular formula is C67H74Cl7N10O14+. The summed E-state index contributed by atoms with van der Waals surface area (Å²) in [7, 11) is 0. The van der Waals surface area contributed by atoms with E-state index in [2.05, 4.69) is 34.7 Å². The first-order valence-corrected chi connectivity index (χ1v) is 32.6. The lowest BCUT2D eigenvalue weighted by atomic mass is 10.2. The third-order valence-electron chi connectivity index (χ3n) is 11.4. The summed E-state index contributed by atoms with van der Waals surface area (Å²) >= 11 is 40.5. The van der Waals surface area contributed by atoms with Crippen LogP contribution in [0.3, 0.4) is 0 Å². The second-order valence-electron chi connectivity index (χ2n) is 19.2. The third-order valence-corrected chi connectivity index (χ3v) is 13.0. The normalized spacial score (nSPS) is 9.90. The molecule has 0 aromatic carbocycles. The number of fused-ring (bicyclic) bond motifs is 1. The molecule has 524 valence electrons. The van der Waals surface area contributed by atoms with E-state index in [0.717, 1.165) is 32.9 Å². The number of carbonyl (C=O) groups excluding carboxylic acids is 7. The van der Waals surface area contributed by atoms with Crippen molar-refractivity contribution in [2.75, 3.05) is 39.6 Å². The van der Waals surface area contributed by atoms with E-state index >= 15 is 0 Å². The van der Waals surface area contributed by atoms with E-state index in [1.807, 2.05) is 17.4 Å². The Bertz CT molecular complexity index is 3880. The van der Waals surface area contributed by atoms with Gasteiger partial charge in [-0.05, 0) is 122 Å². The molecule has 0 bridgehead atoms. The average Bonchev–Trinajstić information content (AvgIpc) is 1.67. The van der Waals surface area contributed by atoms with Crippen LogP contribution < -0.4 is 10.5 Å². The predicted molar refractivity (Wildman–Crippen MR) is 371 cm³/mol. The number of halogens is 7. The minimum absolute atomic E-state index is 0.00486. The first kappa shape index (κ1) is 85.4. The van der Waals surface area contributed by atoms with Crippen LogP contribution in [0, 0.1) is 13.5 Å². The number of esters is 6. The summed E-state index contributed by atoms with van der Waals surface area (Å²) in [4.78, 5) is 105. The molecule has 8 heterocycles. The van der Waals surface area contributed by atoms with Crippen LogP contribution in [0.1, 0.15) is 99.2 Å². The Labute approximate surface area is 602 Å². The Morgan fingerprint density at radius 3 is 1.41 bits per heavy atom. The number of aldehydes is 1. The van der Waals surface area contributed by atoms with E-state index in [-0.39, 0.29) is 74.2 Å². The second kappa shape index (κ2) is 49.0. The standard InChI is InChI=1S/C12H14ClNO3.C11H11ClN2O2.C10H9ClN2O2.C10H13ClN2O2.C9H11ClNO3.C9H10ClNO2.C6H6ClN/c1-2-17-12(16)8-11-7-9(13)6-10(14-11)4-3-5-15;1-2-16-11(15)5-9-3-8(12)4-10-6-13-7-14(9)10;1-3-15-10(14)6-8-4-7(11)5-9(12-2)13-8;1-2-15-10(14)5-8-3-7(11)4-9(6-12)13-8;1-2-14-9(12)6-8-5-7(10)3-4-11(8)13;1-2-13-9(12)6-8-5-7(10)3-4-11-8;1-5-4-6(7)2-3-8-5/h5-7H,2-4,8H2,1H3;3-4,6-7H,2,5H2,1H3;4-5H,3,6H2,1H3;3-4H,2,5-6,12H2,1H3;3-5,13H,2,6H2,1H3;3-5H,2,6H2,1H3;2-4H,1H3/q;;;;+1;;. The van der Waals surface area contributed by atoms with Gasteiger partial charge in [-0.25, -0.2) is 4.98 Å². The summed E-state index contributed by atoms with van der Waals surface area (Å²) < 4.78 is 31.5. The fourth-order valence-corrected chi connectivity index (χ4v) is 9.12. The van der Waals surface area contributed by atoms with Gasteiger partial charge in [0.25, 0.3) is 5.82 Å². The van der Waals surface area contributed by atoms with Crippen molar-refractivity contribution in [2.24, 2.45) is 5.73 Å². The zero-order chi connectivity index (χ0) is 73.0. The van der Waals surface area contributed by atoms with Crippen molar-refractivity contribution in [1.29, 1.82) is 0 Å². The molecule has 3 N–H and O–H groups in total. The van der Waals surface area contributed by atoms with Crippen LogP contribution in [0.4, 0.5) is 5.82 Å². The first-order valence-electron chi connectivity index (χ1n) is 29.9. The molecule has 0 aliphatic heterocycles. The van der Waals surface area contributed by atoms with Gasteiger partial charge >= 0.3 is 35.8 Å². The van der Waals surface area contributed by atoms with Gasteiger partial charge in [-0.1, -0.05) is 87.8 Å². The fourth-order valence-electron chi connectivity index (χ4n) is 7.58. The number of hydrogen-bond acceptors (Lipinski definition) is 21. The number of nitrogens with zero attached hydrogens (tertiary/aromatic N) is 9. The zero-order valence-electron chi connectivity index (χ0n) is 54.7. The van der Waals surface area contributed by atoms with E-state index in [4.69, 9.17) is 122 Å². The van der Waals surface area contributed by atoms with Crippen molar-refractivity contribution >= 4 is 135 Å². The predicted octanol–water partition coefficient (Wildman–Crippen LogP) is 12.6. The minimum atomic E-state index is -0.391. The van der Waals surface area contributed by atoms with Crippen molar-refractivity contribution in [3.8, 4) is 0 Å². The van der Waals surface area contributed by atoms with E-state index < -0.39 is 5.97 Å². The topological polar surface area (TPSA) is 311 Å².